The van der Waals surface area contributed by atoms with Gasteiger partial charge in [-0.3, -0.25) is 9.59 Å². The van der Waals surface area contributed by atoms with E-state index >= 15 is 0 Å². The lowest BCUT2D eigenvalue weighted by Crippen LogP contribution is -2.33. The predicted molar refractivity (Wildman–Crippen MR) is 64.8 cm³/mol. The Labute approximate surface area is 107 Å². The quantitative estimate of drug-likeness (QED) is 0.773. The van der Waals surface area contributed by atoms with E-state index in [2.05, 4.69) is 0 Å². The van der Waals surface area contributed by atoms with Crippen LogP contribution in [0, 0.1) is 23.2 Å². The second kappa shape index (κ2) is 4.23. The number of hydrogen-bond donors (Lipinski definition) is 2. The molecule has 2 N–H and O–H groups in total. The molecule has 1 heterocycles. The van der Waals surface area contributed by atoms with Gasteiger partial charge in [0.2, 0.25) is 5.91 Å². The number of carbonyl (C=O) groups excluding carboxylic acids is 1. The highest BCUT2D eigenvalue weighted by molar-refractivity contribution is 5.91. The van der Waals surface area contributed by atoms with E-state index < -0.39 is 29.3 Å². The van der Waals surface area contributed by atoms with Gasteiger partial charge in [-0.25, -0.2) is 0 Å². The van der Waals surface area contributed by atoms with Gasteiger partial charge in [0.1, 0.15) is 0 Å². The molecule has 1 amide bonds. The van der Waals surface area contributed by atoms with E-state index in [1.165, 1.54) is 0 Å². The van der Waals surface area contributed by atoms with Crippen molar-refractivity contribution < 1.29 is 19.8 Å². The van der Waals surface area contributed by atoms with Gasteiger partial charge in [0.15, 0.2) is 0 Å². The summed E-state index contributed by atoms with van der Waals surface area (Å²) in [7, 11) is 0. The molecule has 0 spiro atoms. The molecule has 2 fully saturated rings. The Morgan fingerprint density at radius 2 is 1.94 bits per heavy atom. The maximum absolute atomic E-state index is 12.3. The number of nitrogens with zero attached hydrogens (tertiary/aromatic N) is 1. The lowest BCUT2D eigenvalue weighted by atomic mass is 10.0. The molecule has 1 saturated carbocycles. The lowest BCUT2D eigenvalue weighted by Gasteiger charge is -2.18. The van der Waals surface area contributed by atoms with Crippen LogP contribution in [0.5, 0.6) is 0 Å². The summed E-state index contributed by atoms with van der Waals surface area (Å²) in [5, 5.41) is 18.6. The van der Waals surface area contributed by atoms with Crippen LogP contribution in [0.25, 0.3) is 0 Å². The van der Waals surface area contributed by atoms with E-state index in [1.807, 2.05) is 13.8 Å². The molecule has 4 atom stereocenters. The Hall–Kier alpha value is -1.10. The Balaban J connectivity index is 2.00. The van der Waals surface area contributed by atoms with Crippen LogP contribution in [-0.4, -0.2) is 46.2 Å². The van der Waals surface area contributed by atoms with Gasteiger partial charge < -0.3 is 15.1 Å². The Morgan fingerprint density at radius 3 is 2.33 bits per heavy atom. The van der Waals surface area contributed by atoms with E-state index in [1.54, 1.807) is 11.8 Å². The van der Waals surface area contributed by atoms with Crippen LogP contribution < -0.4 is 0 Å². The molecule has 0 aromatic carbocycles. The average Bonchev–Trinajstić information content (AvgIpc) is 2.64. The summed E-state index contributed by atoms with van der Waals surface area (Å²) in [6.45, 7) is 6.58. The zero-order chi connectivity index (χ0) is 13.7. The van der Waals surface area contributed by atoms with E-state index in [-0.39, 0.29) is 11.8 Å². The molecule has 5 nitrogen and oxygen atoms in total. The molecular formula is C13H21NO4. The summed E-state index contributed by atoms with van der Waals surface area (Å²) in [6, 6.07) is 0. The first-order valence-corrected chi connectivity index (χ1v) is 6.46. The number of aliphatic hydroxyl groups excluding tert-OH is 1. The number of aliphatic hydroxyl groups is 1. The van der Waals surface area contributed by atoms with Crippen LogP contribution in [0.1, 0.15) is 27.2 Å². The number of rotatable bonds is 3. The van der Waals surface area contributed by atoms with E-state index in [0.29, 0.717) is 13.1 Å². The minimum Gasteiger partial charge on any atom is -0.481 e. The first kappa shape index (κ1) is 13.3. The summed E-state index contributed by atoms with van der Waals surface area (Å²) in [5.41, 5.74) is -0.439. The van der Waals surface area contributed by atoms with E-state index in [0.717, 1.165) is 6.42 Å². The van der Waals surface area contributed by atoms with Gasteiger partial charge in [0.25, 0.3) is 0 Å². The molecule has 1 saturated heterocycles. The van der Waals surface area contributed by atoms with Crippen molar-refractivity contribution in [2.24, 2.45) is 23.2 Å². The third-order valence-corrected chi connectivity index (χ3v) is 4.58. The monoisotopic (exact) mass is 255 g/mol. The molecule has 2 unspecified atom stereocenters. The maximum Gasteiger partial charge on any atom is 0.307 e. The highest BCUT2D eigenvalue weighted by Gasteiger charge is 2.66. The second-order valence-electron chi connectivity index (χ2n) is 6.19. The van der Waals surface area contributed by atoms with Crippen LogP contribution in [0.2, 0.25) is 0 Å². The maximum atomic E-state index is 12.3. The first-order valence-electron chi connectivity index (χ1n) is 6.46. The van der Waals surface area contributed by atoms with Gasteiger partial charge in [-0.2, -0.15) is 0 Å². The average molecular weight is 255 g/mol. The summed E-state index contributed by atoms with van der Waals surface area (Å²) in [6.07, 6.45) is 0.388. The first-order chi connectivity index (χ1) is 8.26. The Morgan fingerprint density at radius 1 is 1.33 bits per heavy atom. The summed E-state index contributed by atoms with van der Waals surface area (Å²) in [4.78, 5) is 25.1. The van der Waals surface area contributed by atoms with Crippen molar-refractivity contribution in [1.29, 1.82) is 0 Å². The van der Waals surface area contributed by atoms with Gasteiger partial charge >= 0.3 is 5.97 Å². The van der Waals surface area contributed by atoms with Gasteiger partial charge in [-0.1, -0.05) is 13.8 Å². The number of likely N-dealkylation sites (tertiary alicyclic amines) is 1. The van der Waals surface area contributed by atoms with Crippen LogP contribution in [0.3, 0.4) is 0 Å². The van der Waals surface area contributed by atoms with Crippen LogP contribution in [0.4, 0.5) is 0 Å². The summed E-state index contributed by atoms with van der Waals surface area (Å²) >= 11 is 0. The molecule has 2 aliphatic rings. The molecule has 2 rings (SSSR count). The fourth-order valence-corrected chi connectivity index (χ4v) is 3.14. The van der Waals surface area contributed by atoms with Crippen LogP contribution in [0.15, 0.2) is 0 Å². The number of amides is 1. The molecule has 102 valence electrons. The number of aliphatic carboxylic acids is 1. The van der Waals surface area contributed by atoms with Gasteiger partial charge in [0, 0.05) is 19.0 Å². The number of carboxylic acids is 1. The van der Waals surface area contributed by atoms with Crippen molar-refractivity contribution in [3.63, 3.8) is 0 Å². The van der Waals surface area contributed by atoms with Crippen LogP contribution >= 0.6 is 0 Å². The molecule has 0 aromatic rings. The Kier molecular flexibility index (Phi) is 3.13. The lowest BCUT2D eigenvalue weighted by molar-refractivity contribution is -0.141. The van der Waals surface area contributed by atoms with E-state index in [9.17, 15) is 14.7 Å². The summed E-state index contributed by atoms with van der Waals surface area (Å²) < 4.78 is 0. The van der Waals surface area contributed by atoms with Crippen molar-refractivity contribution in [3.05, 3.63) is 0 Å². The standard InChI is InChI=1S/C13H21NO4/c1-7(15)8-4-5-14(6-8)11(16)9-10(12(17)18)13(9,2)3/h7-10,15H,4-6H2,1-3H3,(H,17,18)/t7?,8?,9-,10+/m1/s1. The topological polar surface area (TPSA) is 77.8 Å². The number of carbonyl (C=O) groups is 2. The van der Waals surface area contributed by atoms with Crippen molar-refractivity contribution >= 4 is 11.9 Å². The molecule has 0 radical (unpaired) electrons. The van der Waals surface area contributed by atoms with Crippen LogP contribution in [-0.2, 0) is 9.59 Å². The second-order valence-corrected chi connectivity index (χ2v) is 6.19. The SMILES string of the molecule is CC(O)C1CCN(C(=O)[C@H]2[C@@H](C(=O)O)C2(C)C)C1. The van der Waals surface area contributed by atoms with Crippen molar-refractivity contribution in [1.82, 2.24) is 4.90 Å². The highest BCUT2D eigenvalue weighted by Crippen LogP contribution is 2.59. The summed E-state index contributed by atoms with van der Waals surface area (Å²) in [5.74, 6) is -1.78. The fraction of sp³-hybridized carbons (Fsp3) is 0.846. The van der Waals surface area contributed by atoms with Crippen molar-refractivity contribution in [3.8, 4) is 0 Å². The minimum absolute atomic E-state index is 0.0597. The van der Waals surface area contributed by atoms with Crippen molar-refractivity contribution in [2.75, 3.05) is 13.1 Å². The molecular weight excluding hydrogens is 234 g/mol. The van der Waals surface area contributed by atoms with Gasteiger partial charge in [-0.15, -0.1) is 0 Å². The molecule has 0 bridgehead atoms. The molecule has 5 heteroatoms. The zero-order valence-corrected chi connectivity index (χ0v) is 11.1. The largest absolute Gasteiger partial charge is 0.481 e. The molecule has 18 heavy (non-hydrogen) atoms. The molecule has 0 aromatic heterocycles. The number of hydrogen-bond acceptors (Lipinski definition) is 3. The van der Waals surface area contributed by atoms with Crippen molar-refractivity contribution in [2.45, 2.75) is 33.3 Å². The third kappa shape index (κ3) is 2.00. The zero-order valence-electron chi connectivity index (χ0n) is 11.1. The Bertz CT molecular complexity index is 377. The van der Waals surface area contributed by atoms with Gasteiger partial charge in [0.05, 0.1) is 17.9 Å². The molecule has 1 aliphatic heterocycles. The number of carboxylic acid groups (broad SMARTS) is 1. The molecule has 1 aliphatic carbocycles. The minimum atomic E-state index is -0.885. The predicted octanol–water partition coefficient (Wildman–Crippen LogP) is 0.572. The van der Waals surface area contributed by atoms with E-state index in [4.69, 9.17) is 5.11 Å². The fourth-order valence-electron chi connectivity index (χ4n) is 3.14. The third-order valence-electron chi connectivity index (χ3n) is 4.58. The van der Waals surface area contributed by atoms with Gasteiger partial charge in [-0.05, 0) is 18.8 Å². The highest BCUT2D eigenvalue weighted by atomic mass is 16.4. The normalized spacial score (nSPS) is 35.3. The smallest absolute Gasteiger partial charge is 0.307 e.